The maximum atomic E-state index is 5.39. The van der Waals surface area contributed by atoms with E-state index in [1.54, 1.807) is 10.8 Å². The van der Waals surface area contributed by atoms with Crippen molar-refractivity contribution in [1.82, 2.24) is 19.8 Å². The zero-order chi connectivity index (χ0) is 14.1. The van der Waals surface area contributed by atoms with Crippen LogP contribution in [-0.4, -0.2) is 25.9 Å². The number of fused-ring (bicyclic) bond motifs is 1. The normalized spacial score (nSPS) is 16.4. The van der Waals surface area contributed by atoms with Crippen LogP contribution in [-0.2, 0) is 0 Å². The van der Waals surface area contributed by atoms with Crippen molar-refractivity contribution in [2.24, 2.45) is 0 Å². The maximum Gasteiger partial charge on any atom is 0.220 e. The van der Waals surface area contributed by atoms with Gasteiger partial charge in [-0.15, -0.1) is 15.3 Å². The fraction of sp³-hybridized carbons (Fsp3) is 0.400. The highest BCUT2D eigenvalue weighted by Gasteiger charge is 2.15. The van der Waals surface area contributed by atoms with Gasteiger partial charge in [0.05, 0.1) is 6.26 Å². The van der Waals surface area contributed by atoms with Gasteiger partial charge in [-0.05, 0) is 37.1 Å². The second kappa shape index (κ2) is 5.20. The molecule has 1 saturated carbocycles. The smallest absolute Gasteiger partial charge is 0.220 e. The van der Waals surface area contributed by atoms with E-state index >= 15 is 0 Å². The molecule has 0 radical (unpaired) electrons. The van der Waals surface area contributed by atoms with E-state index in [2.05, 4.69) is 20.6 Å². The third-order valence-corrected chi connectivity index (χ3v) is 3.96. The molecule has 0 aromatic carbocycles. The summed E-state index contributed by atoms with van der Waals surface area (Å²) >= 11 is 0. The summed E-state index contributed by atoms with van der Waals surface area (Å²) in [7, 11) is 0. The molecule has 0 aliphatic heterocycles. The second-order valence-electron chi connectivity index (χ2n) is 5.47. The van der Waals surface area contributed by atoms with Crippen molar-refractivity contribution in [2.75, 3.05) is 5.32 Å². The van der Waals surface area contributed by atoms with Gasteiger partial charge in [0.15, 0.2) is 11.4 Å². The molecule has 108 valence electrons. The standard InChI is InChI=1S/C15H17N5O/c1-2-5-11(6-3-1)16-13-8-9-14-17-18-15(20(14)19-13)12-7-4-10-21-12/h4,7-11H,1-3,5-6H2,(H,16,19). The highest BCUT2D eigenvalue weighted by Crippen LogP contribution is 2.22. The van der Waals surface area contributed by atoms with Gasteiger partial charge in [0.2, 0.25) is 5.82 Å². The van der Waals surface area contributed by atoms with Crippen LogP contribution in [0.1, 0.15) is 32.1 Å². The molecule has 6 nitrogen and oxygen atoms in total. The van der Waals surface area contributed by atoms with Crippen LogP contribution in [0.25, 0.3) is 17.2 Å². The Labute approximate surface area is 122 Å². The number of nitrogens with zero attached hydrogens (tertiary/aromatic N) is 4. The minimum atomic E-state index is 0.521. The summed E-state index contributed by atoms with van der Waals surface area (Å²) in [5, 5.41) is 16.4. The number of rotatable bonds is 3. The van der Waals surface area contributed by atoms with Crippen molar-refractivity contribution < 1.29 is 4.42 Å². The molecule has 4 rings (SSSR count). The Morgan fingerprint density at radius 1 is 1.10 bits per heavy atom. The first-order valence-corrected chi connectivity index (χ1v) is 7.43. The molecule has 0 unspecified atom stereocenters. The largest absolute Gasteiger partial charge is 0.461 e. The van der Waals surface area contributed by atoms with E-state index < -0.39 is 0 Å². The van der Waals surface area contributed by atoms with Crippen LogP contribution in [0, 0.1) is 0 Å². The van der Waals surface area contributed by atoms with Gasteiger partial charge in [-0.2, -0.15) is 4.52 Å². The Hall–Kier alpha value is -2.37. The molecule has 3 aromatic rings. The summed E-state index contributed by atoms with van der Waals surface area (Å²) in [6.45, 7) is 0. The molecule has 3 heterocycles. The van der Waals surface area contributed by atoms with E-state index in [0.717, 1.165) is 11.5 Å². The monoisotopic (exact) mass is 283 g/mol. The van der Waals surface area contributed by atoms with Crippen molar-refractivity contribution in [3.05, 3.63) is 30.5 Å². The minimum Gasteiger partial charge on any atom is -0.461 e. The van der Waals surface area contributed by atoms with Gasteiger partial charge in [0.25, 0.3) is 0 Å². The predicted octanol–water partition coefficient (Wildman–Crippen LogP) is 3.13. The Bertz CT molecular complexity index is 728. The molecule has 0 amide bonds. The first-order valence-electron chi connectivity index (χ1n) is 7.43. The number of hydrogen-bond donors (Lipinski definition) is 1. The molecule has 0 atom stereocenters. The number of hydrogen-bond acceptors (Lipinski definition) is 5. The summed E-state index contributed by atoms with van der Waals surface area (Å²) in [6.07, 6.45) is 7.99. The van der Waals surface area contributed by atoms with Gasteiger partial charge in [-0.1, -0.05) is 19.3 Å². The lowest BCUT2D eigenvalue weighted by Gasteiger charge is -2.23. The average Bonchev–Trinajstić information content (AvgIpc) is 3.16. The zero-order valence-corrected chi connectivity index (χ0v) is 11.7. The van der Waals surface area contributed by atoms with E-state index in [0.29, 0.717) is 17.6 Å². The Balaban J connectivity index is 1.66. The fourth-order valence-corrected chi connectivity index (χ4v) is 2.88. The van der Waals surface area contributed by atoms with Gasteiger partial charge in [-0.3, -0.25) is 0 Å². The second-order valence-corrected chi connectivity index (χ2v) is 5.47. The number of aromatic nitrogens is 4. The van der Waals surface area contributed by atoms with Crippen LogP contribution in [0.3, 0.4) is 0 Å². The van der Waals surface area contributed by atoms with Crippen LogP contribution in [0.4, 0.5) is 5.82 Å². The minimum absolute atomic E-state index is 0.521. The number of furan rings is 1. The molecule has 6 heteroatoms. The van der Waals surface area contributed by atoms with Crippen LogP contribution in [0.5, 0.6) is 0 Å². The molecule has 1 aliphatic rings. The first kappa shape index (κ1) is 12.4. The Morgan fingerprint density at radius 2 is 2.00 bits per heavy atom. The van der Waals surface area contributed by atoms with Gasteiger partial charge >= 0.3 is 0 Å². The molecule has 0 saturated heterocycles. The highest BCUT2D eigenvalue weighted by molar-refractivity contribution is 5.54. The summed E-state index contributed by atoms with van der Waals surface area (Å²) in [6, 6.07) is 8.11. The summed E-state index contributed by atoms with van der Waals surface area (Å²) in [4.78, 5) is 0. The molecule has 0 bridgehead atoms. The van der Waals surface area contributed by atoms with Crippen molar-refractivity contribution in [2.45, 2.75) is 38.1 Å². The van der Waals surface area contributed by atoms with Gasteiger partial charge in [0, 0.05) is 6.04 Å². The summed E-state index contributed by atoms with van der Waals surface area (Å²) < 4.78 is 7.12. The predicted molar refractivity (Wildman–Crippen MR) is 79.0 cm³/mol. The highest BCUT2D eigenvalue weighted by atomic mass is 16.3. The van der Waals surface area contributed by atoms with Crippen LogP contribution < -0.4 is 5.32 Å². The SMILES string of the molecule is c1coc(-c2nnc3ccc(NC4CCCCC4)nn23)c1. The van der Waals surface area contributed by atoms with Crippen molar-refractivity contribution in [3.63, 3.8) is 0 Å². The van der Waals surface area contributed by atoms with Gasteiger partial charge in [-0.25, -0.2) is 0 Å². The van der Waals surface area contributed by atoms with Crippen LogP contribution in [0.15, 0.2) is 34.9 Å². The number of nitrogens with one attached hydrogen (secondary N) is 1. The first-order chi connectivity index (χ1) is 10.4. The molecule has 1 N–H and O–H groups in total. The maximum absolute atomic E-state index is 5.39. The van der Waals surface area contributed by atoms with Gasteiger partial charge < -0.3 is 9.73 Å². The summed E-state index contributed by atoms with van der Waals surface area (Å²) in [5.74, 6) is 2.16. The van der Waals surface area contributed by atoms with E-state index in [-0.39, 0.29) is 0 Å². The van der Waals surface area contributed by atoms with Crippen LogP contribution >= 0.6 is 0 Å². The lowest BCUT2D eigenvalue weighted by atomic mass is 9.95. The molecular formula is C15H17N5O. The quantitative estimate of drug-likeness (QED) is 0.799. The third kappa shape index (κ3) is 2.37. The lowest BCUT2D eigenvalue weighted by molar-refractivity contribution is 0.461. The van der Waals surface area contributed by atoms with Crippen LogP contribution in [0.2, 0.25) is 0 Å². The van der Waals surface area contributed by atoms with Crippen molar-refractivity contribution in [1.29, 1.82) is 0 Å². The summed E-state index contributed by atoms with van der Waals surface area (Å²) in [5.41, 5.74) is 0.718. The molecule has 0 spiro atoms. The van der Waals surface area contributed by atoms with E-state index in [4.69, 9.17) is 4.42 Å². The molecule has 1 aliphatic carbocycles. The molecule has 3 aromatic heterocycles. The van der Waals surface area contributed by atoms with Crippen molar-refractivity contribution in [3.8, 4) is 11.6 Å². The van der Waals surface area contributed by atoms with E-state index in [1.165, 1.54) is 32.1 Å². The van der Waals surface area contributed by atoms with E-state index in [1.807, 2.05) is 24.3 Å². The van der Waals surface area contributed by atoms with Gasteiger partial charge in [0.1, 0.15) is 5.82 Å². The molecule has 21 heavy (non-hydrogen) atoms. The van der Waals surface area contributed by atoms with Crippen molar-refractivity contribution >= 4 is 11.5 Å². The van der Waals surface area contributed by atoms with E-state index in [9.17, 15) is 0 Å². The Kier molecular flexibility index (Phi) is 3.06. The molecular weight excluding hydrogens is 266 g/mol. The number of anilines is 1. The third-order valence-electron chi connectivity index (χ3n) is 3.96. The lowest BCUT2D eigenvalue weighted by Crippen LogP contribution is -2.23. The Morgan fingerprint density at radius 3 is 2.81 bits per heavy atom. The topological polar surface area (TPSA) is 68.2 Å². The molecule has 1 fully saturated rings. The zero-order valence-electron chi connectivity index (χ0n) is 11.7. The fourth-order valence-electron chi connectivity index (χ4n) is 2.88. The average molecular weight is 283 g/mol.